The molecule has 0 rings (SSSR count). The van der Waals surface area contributed by atoms with E-state index in [1.165, 1.54) is 83.5 Å². The molecule has 0 fully saturated rings. The molecule has 0 heterocycles. The zero-order valence-corrected chi connectivity index (χ0v) is 19.7. The molecule has 0 spiro atoms. The number of rotatable bonds is 22. The van der Waals surface area contributed by atoms with Crippen LogP contribution in [0.15, 0.2) is 12.2 Å². The first kappa shape index (κ1) is 29.6. The maximum absolute atomic E-state index is 11.5. The standard InChI is InChI=1S/C25H46O6/c1-2-3-4-5-6-7-8-9-10-11-12-13-14-15-16-17-20-30-24(28)18-19-25(29)31-22-23(27)21-26/h18-19,23,26-27H,2-17,20-22H2,1H3/b19-18+. The molecule has 6 nitrogen and oxygen atoms in total. The summed E-state index contributed by atoms with van der Waals surface area (Å²) in [6.07, 6.45) is 21.6. The van der Waals surface area contributed by atoms with E-state index in [2.05, 4.69) is 11.7 Å². The fourth-order valence-corrected chi connectivity index (χ4v) is 3.29. The minimum atomic E-state index is -1.11. The highest BCUT2D eigenvalue weighted by Crippen LogP contribution is 2.13. The Labute approximate surface area is 189 Å². The number of aliphatic hydroxyl groups excluding tert-OH is 2. The van der Waals surface area contributed by atoms with E-state index in [-0.39, 0.29) is 6.61 Å². The second-order valence-electron chi connectivity index (χ2n) is 8.27. The number of hydrogen-bond donors (Lipinski definition) is 2. The number of aliphatic hydroxyl groups is 2. The predicted octanol–water partition coefficient (Wildman–Crippen LogP) is 5.24. The van der Waals surface area contributed by atoms with Crippen molar-refractivity contribution in [3.8, 4) is 0 Å². The van der Waals surface area contributed by atoms with Gasteiger partial charge in [0.25, 0.3) is 0 Å². The monoisotopic (exact) mass is 442 g/mol. The Morgan fingerprint density at radius 2 is 1.06 bits per heavy atom. The van der Waals surface area contributed by atoms with Gasteiger partial charge in [-0.2, -0.15) is 0 Å². The minimum Gasteiger partial charge on any atom is -0.463 e. The number of esters is 2. The molecule has 6 heteroatoms. The molecule has 0 amide bonds. The molecule has 1 atom stereocenters. The highest BCUT2D eigenvalue weighted by Gasteiger charge is 2.06. The third-order valence-electron chi connectivity index (χ3n) is 5.23. The molecule has 0 aromatic rings. The van der Waals surface area contributed by atoms with E-state index in [9.17, 15) is 9.59 Å². The number of carbonyl (C=O) groups is 2. The lowest BCUT2D eigenvalue weighted by atomic mass is 10.0. The molecule has 0 radical (unpaired) electrons. The maximum atomic E-state index is 11.5. The van der Waals surface area contributed by atoms with Gasteiger partial charge in [-0.05, 0) is 6.42 Å². The number of ether oxygens (including phenoxy) is 2. The third-order valence-corrected chi connectivity index (χ3v) is 5.23. The van der Waals surface area contributed by atoms with Gasteiger partial charge >= 0.3 is 11.9 Å². The summed E-state index contributed by atoms with van der Waals surface area (Å²) in [6.45, 7) is 1.81. The van der Waals surface area contributed by atoms with Crippen molar-refractivity contribution in [1.82, 2.24) is 0 Å². The van der Waals surface area contributed by atoms with Crippen molar-refractivity contribution in [3.05, 3.63) is 12.2 Å². The van der Waals surface area contributed by atoms with Gasteiger partial charge in [0, 0.05) is 12.2 Å². The van der Waals surface area contributed by atoms with Gasteiger partial charge in [0.1, 0.15) is 12.7 Å². The highest BCUT2D eigenvalue weighted by molar-refractivity contribution is 5.91. The lowest BCUT2D eigenvalue weighted by Crippen LogP contribution is -2.21. The topological polar surface area (TPSA) is 93.1 Å². The predicted molar refractivity (Wildman–Crippen MR) is 124 cm³/mol. The van der Waals surface area contributed by atoms with Crippen LogP contribution in [0.1, 0.15) is 110 Å². The fourth-order valence-electron chi connectivity index (χ4n) is 3.29. The quantitative estimate of drug-likeness (QED) is 0.135. The Hall–Kier alpha value is -1.40. The van der Waals surface area contributed by atoms with Crippen molar-refractivity contribution in [3.63, 3.8) is 0 Å². The Kier molecular flexibility index (Phi) is 22.2. The molecule has 182 valence electrons. The summed E-state index contributed by atoms with van der Waals surface area (Å²) in [5.41, 5.74) is 0. The summed E-state index contributed by atoms with van der Waals surface area (Å²) in [5.74, 6) is -1.34. The van der Waals surface area contributed by atoms with E-state index in [4.69, 9.17) is 14.9 Å². The van der Waals surface area contributed by atoms with Crippen LogP contribution in [0.5, 0.6) is 0 Å². The van der Waals surface area contributed by atoms with Crippen molar-refractivity contribution >= 4 is 11.9 Å². The molecular formula is C25H46O6. The summed E-state index contributed by atoms with van der Waals surface area (Å²) in [5, 5.41) is 17.7. The van der Waals surface area contributed by atoms with Crippen molar-refractivity contribution < 1.29 is 29.3 Å². The average Bonchev–Trinajstić information content (AvgIpc) is 2.78. The second-order valence-corrected chi connectivity index (χ2v) is 8.27. The van der Waals surface area contributed by atoms with Crippen molar-refractivity contribution in [2.24, 2.45) is 0 Å². The van der Waals surface area contributed by atoms with Crippen LogP contribution in [0.2, 0.25) is 0 Å². The lowest BCUT2D eigenvalue weighted by Gasteiger charge is -2.06. The normalized spacial score (nSPS) is 12.2. The molecule has 0 saturated carbocycles. The summed E-state index contributed by atoms with van der Waals surface area (Å²) in [4.78, 5) is 22.8. The van der Waals surface area contributed by atoms with Gasteiger partial charge in [0.2, 0.25) is 0 Å². The molecule has 31 heavy (non-hydrogen) atoms. The molecule has 2 N–H and O–H groups in total. The van der Waals surface area contributed by atoms with E-state index in [0.29, 0.717) is 6.61 Å². The van der Waals surface area contributed by atoms with Crippen molar-refractivity contribution in [2.45, 2.75) is 116 Å². The van der Waals surface area contributed by atoms with Gasteiger partial charge in [0.15, 0.2) is 0 Å². The molecule has 0 aliphatic heterocycles. The number of hydrogen-bond acceptors (Lipinski definition) is 6. The van der Waals surface area contributed by atoms with E-state index in [1.807, 2.05) is 0 Å². The molecule has 0 saturated heterocycles. The Morgan fingerprint density at radius 3 is 1.48 bits per heavy atom. The van der Waals surface area contributed by atoms with Gasteiger partial charge in [-0.1, -0.05) is 103 Å². The molecule has 0 aromatic heterocycles. The van der Waals surface area contributed by atoms with Crippen LogP contribution in [0.4, 0.5) is 0 Å². The summed E-state index contributed by atoms with van der Waals surface area (Å²) < 4.78 is 9.68. The first-order chi connectivity index (χ1) is 15.1. The van der Waals surface area contributed by atoms with Crippen LogP contribution in [-0.4, -0.2) is 48.1 Å². The Bertz CT molecular complexity index is 449. The lowest BCUT2D eigenvalue weighted by molar-refractivity contribution is -0.142. The van der Waals surface area contributed by atoms with Gasteiger partial charge < -0.3 is 19.7 Å². The number of unbranched alkanes of at least 4 members (excludes halogenated alkanes) is 15. The fraction of sp³-hybridized carbons (Fsp3) is 0.840. The first-order valence-corrected chi connectivity index (χ1v) is 12.4. The van der Waals surface area contributed by atoms with Crippen LogP contribution < -0.4 is 0 Å². The van der Waals surface area contributed by atoms with Gasteiger partial charge in [-0.25, -0.2) is 9.59 Å². The van der Waals surface area contributed by atoms with Crippen molar-refractivity contribution in [2.75, 3.05) is 19.8 Å². The molecule has 0 aliphatic carbocycles. The van der Waals surface area contributed by atoms with Gasteiger partial charge in [-0.3, -0.25) is 0 Å². The zero-order chi connectivity index (χ0) is 23.0. The first-order valence-electron chi connectivity index (χ1n) is 12.4. The van der Waals surface area contributed by atoms with E-state index in [0.717, 1.165) is 31.4 Å². The van der Waals surface area contributed by atoms with Gasteiger partial charge in [0.05, 0.1) is 13.2 Å². The summed E-state index contributed by atoms with van der Waals surface area (Å²) >= 11 is 0. The van der Waals surface area contributed by atoms with Crippen LogP contribution in [0, 0.1) is 0 Å². The van der Waals surface area contributed by atoms with Crippen LogP contribution in [-0.2, 0) is 19.1 Å². The smallest absolute Gasteiger partial charge is 0.331 e. The average molecular weight is 443 g/mol. The maximum Gasteiger partial charge on any atom is 0.331 e. The Balaban J connectivity index is 3.32. The summed E-state index contributed by atoms with van der Waals surface area (Å²) in [6, 6.07) is 0. The third kappa shape index (κ3) is 23.1. The van der Waals surface area contributed by atoms with Crippen LogP contribution in [0.3, 0.4) is 0 Å². The molecular weight excluding hydrogens is 396 g/mol. The second kappa shape index (κ2) is 23.3. The molecule has 0 aliphatic rings. The number of carbonyl (C=O) groups excluding carboxylic acids is 2. The van der Waals surface area contributed by atoms with Gasteiger partial charge in [-0.15, -0.1) is 0 Å². The van der Waals surface area contributed by atoms with E-state index >= 15 is 0 Å². The molecule has 0 aromatic carbocycles. The largest absolute Gasteiger partial charge is 0.463 e. The molecule has 1 unspecified atom stereocenters. The minimum absolute atomic E-state index is 0.312. The molecule has 0 bridgehead atoms. The van der Waals surface area contributed by atoms with E-state index in [1.54, 1.807) is 0 Å². The van der Waals surface area contributed by atoms with Crippen molar-refractivity contribution in [1.29, 1.82) is 0 Å². The SMILES string of the molecule is CCCCCCCCCCCCCCCCCCOC(=O)/C=C/C(=O)OCC(O)CO. The van der Waals surface area contributed by atoms with Crippen LogP contribution >= 0.6 is 0 Å². The zero-order valence-electron chi connectivity index (χ0n) is 19.7. The Morgan fingerprint density at radius 1 is 0.677 bits per heavy atom. The summed E-state index contributed by atoms with van der Waals surface area (Å²) in [7, 11) is 0. The van der Waals surface area contributed by atoms with E-state index < -0.39 is 24.6 Å². The van der Waals surface area contributed by atoms with Crippen LogP contribution in [0.25, 0.3) is 0 Å². The highest BCUT2D eigenvalue weighted by atomic mass is 16.5.